The van der Waals surface area contributed by atoms with Crippen LogP contribution in [0, 0.1) is 11.6 Å². The number of carboxylic acid groups (broad SMARTS) is 1. The molecule has 0 saturated heterocycles. The fourth-order valence-electron chi connectivity index (χ4n) is 3.75. The number of rotatable bonds is 5. The monoisotopic (exact) mass is 539 g/mol. The number of carbonyl (C=O) groups excluding carboxylic acids is 1. The zero-order valence-electron chi connectivity index (χ0n) is 20.0. The van der Waals surface area contributed by atoms with E-state index in [4.69, 9.17) is 9.90 Å². The van der Waals surface area contributed by atoms with Crippen LogP contribution in [0.1, 0.15) is 17.2 Å². The van der Waals surface area contributed by atoms with Crippen LogP contribution >= 0.6 is 0 Å². The maximum Gasteiger partial charge on any atom is 0.490 e. The van der Waals surface area contributed by atoms with E-state index in [-0.39, 0.29) is 23.9 Å². The maximum atomic E-state index is 14.4. The second-order valence-corrected chi connectivity index (χ2v) is 8.32. The number of alkyl halides is 3. The number of amides is 2. The molecule has 8 nitrogen and oxygen atoms in total. The molecule has 3 aromatic rings. The molecule has 0 fully saturated rings. The number of nitrogens with zero attached hydrogens (tertiary/aromatic N) is 3. The first-order valence-electron chi connectivity index (χ1n) is 11.2. The van der Waals surface area contributed by atoms with E-state index in [9.17, 15) is 31.9 Å². The van der Waals surface area contributed by atoms with Gasteiger partial charge in [-0.25, -0.2) is 18.4 Å². The van der Waals surface area contributed by atoms with Crippen LogP contribution in [0.3, 0.4) is 0 Å². The number of likely N-dealkylation sites (N-methyl/N-ethyl adjacent to an activating group) is 1. The molecule has 38 heavy (non-hydrogen) atoms. The van der Waals surface area contributed by atoms with Gasteiger partial charge in [-0.05, 0) is 41.5 Å². The number of nitrogens with one attached hydrogen (secondary N) is 1. The van der Waals surface area contributed by atoms with Crippen molar-refractivity contribution in [2.75, 3.05) is 20.1 Å². The summed E-state index contributed by atoms with van der Waals surface area (Å²) in [5.74, 6) is -3.78. The summed E-state index contributed by atoms with van der Waals surface area (Å²) < 4.78 is 61.8. The van der Waals surface area contributed by atoms with Crippen LogP contribution in [0.4, 0.5) is 26.7 Å². The van der Waals surface area contributed by atoms with Crippen molar-refractivity contribution in [2.24, 2.45) is 0 Å². The van der Waals surface area contributed by atoms with E-state index in [0.29, 0.717) is 24.2 Å². The van der Waals surface area contributed by atoms with Crippen molar-refractivity contribution in [1.29, 1.82) is 0 Å². The number of H-pyrrole nitrogens is 1. The van der Waals surface area contributed by atoms with Gasteiger partial charge in [-0.15, -0.1) is 4.68 Å². The minimum atomic E-state index is -5.08. The molecule has 2 amide bonds. The van der Waals surface area contributed by atoms with Crippen LogP contribution in [-0.2, 0) is 11.3 Å². The first-order valence-corrected chi connectivity index (χ1v) is 11.2. The van der Waals surface area contributed by atoms with Gasteiger partial charge >= 0.3 is 18.2 Å². The number of halogens is 5. The molecule has 1 aliphatic rings. The van der Waals surface area contributed by atoms with Gasteiger partial charge in [0.15, 0.2) is 12.7 Å². The molecule has 2 aromatic carbocycles. The summed E-state index contributed by atoms with van der Waals surface area (Å²) >= 11 is 0. The average molecular weight is 539 g/mol. The van der Waals surface area contributed by atoms with Crippen LogP contribution in [-0.4, -0.2) is 63.4 Å². The quantitative estimate of drug-likeness (QED) is 0.336. The number of aliphatic carboxylic acids is 1. The Morgan fingerprint density at radius 3 is 2.47 bits per heavy atom. The van der Waals surface area contributed by atoms with Crippen molar-refractivity contribution < 1.29 is 46.4 Å². The molecule has 2 heterocycles. The van der Waals surface area contributed by atoms with E-state index in [1.165, 1.54) is 0 Å². The van der Waals surface area contributed by atoms with Gasteiger partial charge in [0, 0.05) is 25.2 Å². The van der Waals surface area contributed by atoms with Gasteiger partial charge in [0.25, 0.3) is 0 Å². The van der Waals surface area contributed by atoms with Gasteiger partial charge in [-0.3, -0.25) is 0 Å². The predicted molar refractivity (Wildman–Crippen MR) is 125 cm³/mol. The maximum absolute atomic E-state index is 14.4. The third kappa shape index (κ3) is 7.08. The van der Waals surface area contributed by atoms with Gasteiger partial charge < -0.3 is 20.0 Å². The topological polar surface area (TPSA) is 101 Å². The summed E-state index contributed by atoms with van der Waals surface area (Å²) in [6, 6.07) is 11.0. The van der Waals surface area contributed by atoms with Crippen molar-refractivity contribution >= 4 is 17.6 Å². The van der Waals surface area contributed by atoms with E-state index in [2.05, 4.69) is 5.10 Å². The summed E-state index contributed by atoms with van der Waals surface area (Å²) in [6.07, 6.45) is 0.331. The molecular formula is C25H24F5N4O4+. The molecule has 0 saturated carbocycles. The lowest BCUT2D eigenvalue weighted by Gasteiger charge is -2.29. The molecule has 0 radical (unpaired) electrons. The Hall–Kier alpha value is -4.42. The zero-order chi connectivity index (χ0) is 28.0. The third-order valence-electron chi connectivity index (χ3n) is 5.62. The molecule has 1 aromatic heterocycles. The number of carboxylic acids is 1. The molecule has 3 N–H and O–H groups in total. The fourth-order valence-corrected chi connectivity index (χ4v) is 3.75. The van der Waals surface area contributed by atoms with E-state index < -0.39 is 29.8 Å². The van der Waals surface area contributed by atoms with Crippen LogP contribution in [0.5, 0.6) is 5.75 Å². The summed E-state index contributed by atoms with van der Waals surface area (Å²) in [4.78, 5) is 25.3. The Balaban J connectivity index is 0.000000505. The number of phenols is 1. The molecule has 202 valence electrons. The summed E-state index contributed by atoms with van der Waals surface area (Å²) in [5, 5.41) is 20.1. The van der Waals surface area contributed by atoms with Gasteiger partial charge in [0.1, 0.15) is 17.4 Å². The first kappa shape index (κ1) is 28.2. The number of urea groups is 1. The lowest BCUT2D eigenvalue weighted by Crippen LogP contribution is -2.46. The van der Waals surface area contributed by atoms with E-state index >= 15 is 0 Å². The van der Waals surface area contributed by atoms with Gasteiger partial charge in [0.2, 0.25) is 0 Å². The third-order valence-corrected chi connectivity index (χ3v) is 5.62. The lowest BCUT2D eigenvalue weighted by atomic mass is 10.0. The van der Waals surface area contributed by atoms with Crippen LogP contribution in [0.25, 0.3) is 5.57 Å². The van der Waals surface area contributed by atoms with Crippen molar-refractivity contribution in [3.63, 3.8) is 0 Å². The fraction of sp³-hybridized carbons (Fsp3) is 0.240. The number of hydrogen-bond acceptors (Lipinski definition) is 3. The molecule has 4 rings (SSSR count). The largest absolute Gasteiger partial charge is 0.508 e. The molecule has 1 aliphatic heterocycles. The number of aromatic amines is 1. The Labute approximate surface area is 213 Å². The smallest absolute Gasteiger partial charge is 0.490 e. The van der Waals surface area contributed by atoms with Gasteiger partial charge in [-0.2, -0.15) is 18.3 Å². The Morgan fingerprint density at radius 1 is 1.16 bits per heavy atom. The number of hydrogen-bond donors (Lipinski definition) is 3. The molecular weight excluding hydrogens is 515 g/mol. The first-order chi connectivity index (χ1) is 17.9. The normalized spacial score (nSPS) is 14.9. The zero-order valence-corrected chi connectivity index (χ0v) is 20.0. The summed E-state index contributed by atoms with van der Waals surface area (Å²) in [5.41, 5.74) is 1.34. The SMILES string of the molecule is CN(CC[n+]1ccc[nH]1)C(=O)N1CC(c2cc(F)ccc2F)=CC1c1cccc(O)c1.O=C(O)C(F)(F)F. The molecule has 1 atom stereocenters. The average Bonchev–Trinajstić information content (AvgIpc) is 3.54. The van der Waals surface area contributed by atoms with E-state index in [1.807, 2.05) is 16.9 Å². The minimum Gasteiger partial charge on any atom is -0.508 e. The Morgan fingerprint density at radius 2 is 1.87 bits per heavy atom. The number of aromatic nitrogens is 2. The van der Waals surface area contributed by atoms with Crippen molar-refractivity contribution in [3.8, 4) is 5.75 Å². The Kier molecular flexibility index (Phi) is 8.71. The van der Waals surface area contributed by atoms with Gasteiger partial charge in [-0.1, -0.05) is 18.2 Å². The van der Waals surface area contributed by atoms with E-state index in [1.54, 1.807) is 53.4 Å². The van der Waals surface area contributed by atoms with Crippen LogP contribution in [0.2, 0.25) is 0 Å². The Bertz CT molecular complexity index is 1310. The number of aromatic hydroxyl groups is 1. The van der Waals surface area contributed by atoms with Crippen molar-refractivity contribution in [3.05, 3.63) is 89.8 Å². The molecule has 0 aliphatic carbocycles. The molecule has 1 unspecified atom stereocenters. The summed E-state index contributed by atoms with van der Waals surface area (Å²) in [6.45, 7) is 1.16. The van der Waals surface area contributed by atoms with Crippen molar-refractivity contribution in [2.45, 2.75) is 18.8 Å². The van der Waals surface area contributed by atoms with Crippen LogP contribution in [0.15, 0.2) is 67.0 Å². The highest BCUT2D eigenvalue weighted by atomic mass is 19.4. The number of phenolic OH excluding ortho intramolecular Hbond substituents is 1. The highest BCUT2D eigenvalue weighted by Crippen LogP contribution is 2.37. The highest BCUT2D eigenvalue weighted by molar-refractivity contribution is 5.82. The van der Waals surface area contributed by atoms with E-state index in [0.717, 1.165) is 18.2 Å². The molecule has 13 heteroatoms. The molecule has 0 bridgehead atoms. The minimum absolute atomic E-state index is 0.0696. The second-order valence-electron chi connectivity index (χ2n) is 8.32. The lowest BCUT2D eigenvalue weighted by molar-refractivity contribution is -0.749. The standard InChI is InChI=1S/C23H22F2N4O2.C2HF3O2/c1-27(10-11-28-9-3-8-26-28)23(31)29-15-17(20-14-18(24)6-7-21(20)25)13-22(29)16-4-2-5-19(30)12-16;3-2(4,5)1(6)7/h2-9,12-14,22,30H,10-11,15H2,1H3;(H,6,7)/p+1. The number of benzene rings is 2. The highest BCUT2D eigenvalue weighted by Gasteiger charge is 2.38. The number of carbonyl (C=O) groups is 2. The van der Waals surface area contributed by atoms with Gasteiger partial charge in [0.05, 0.1) is 18.8 Å². The second kappa shape index (κ2) is 11.8. The van der Waals surface area contributed by atoms with Crippen molar-refractivity contribution in [1.82, 2.24) is 14.9 Å². The predicted octanol–water partition coefficient (Wildman–Crippen LogP) is 4.11. The van der Waals surface area contributed by atoms with Crippen LogP contribution < -0.4 is 4.68 Å². The molecule has 0 spiro atoms. The summed E-state index contributed by atoms with van der Waals surface area (Å²) in [7, 11) is 1.70.